The maximum Gasteiger partial charge on any atom is 0.0962 e. The molecule has 0 bridgehead atoms. The van der Waals surface area contributed by atoms with Crippen LogP contribution in [0.25, 0.3) is 0 Å². The van der Waals surface area contributed by atoms with Crippen molar-refractivity contribution in [2.75, 3.05) is 5.75 Å². The van der Waals surface area contributed by atoms with Crippen LogP contribution in [0.3, 0.4) is 0 Å². The van der Waals surface area contributed by atoms with E-state index >= 15 is 0 Å². The molecule has 0 fully saturated rings. The highest BCUT2D eigenvalue weighted by Crippen LogP contribution is 2.30. The van der Waals surface area contributed by atoms with Crippen molar-refractivity contribution in [1.82, 2.24) is 0 Å². The average Bonchev–Trinajstić information content (AvgIpc) is 2.39. The van der Waals surface area contributed by atoms with E-state index in [2.05, 4.69) is 19.1 Å². The molecule has 1 nitrogen and oxygen atoms in total. The molecule has 0 aliphatic carbocycles. The lowest BCUT2D eigenvalue weighted by Gasteiger charge is -2.23. The number of aliphatic hydroxyl groups is 1. The van der Waals surface area contributed by atoms with E-state index in [9.17, 15) is 5.11 Å². The standard InChI is InChI=1S/C16H18OS/c1-13-8-6-7-11-15(13)18-12-16(2,17)14-9-4-3-5-10-14/h3-11,17H,12H2,1-2H3. The van der Waals surface area contributed by atoms with Gasteiger partial charge in [-0.1, -0.05) is 48.5 Å². The molecule has 2 heteroatoms. The molecule has 0 amide bonds. The third kappa shape index (κ3) is 3.15. The van der Waals surface area contributed by atoms with Crippen LogP contribution in [-0.4, -0.2) is 10.9 Å². The molecule has 0 saturated carbocycles. The quantitative estimate of drug-likeness (QED) is 0.837. The summed E-state index contributed by atoms with van der Waals surface area (Å²) in [5.41, 5.74) is 1.42. The molecule has 2 rings (SSSR count). The highest BCUT2D eigenvalue weighted by Gasteiger charge is 2.23. The third-order valence-electron chi connectivity index (χ3n) is 3.00. The fourth-order valence-electron chi connectivity index (χ4n) is 1.82. The fourth-order valence-corrected chi connectivity index (χ4v) is 2.89. The van der Waals surface area contributed by atoms with Gasteiger partial charge in [-0.3, -0.25) is 0 Å². The van der Waals surface area contributed by atoms with Crippen LogP contribution in [-0.2, 0) is 5.60 Å². The Balaban J connectivity index is 2.08. The van der Waals surface area contributed by atoms with Gasteiger partial charge in [-0.25, -0.2) is 0 Å². The van der Waals surface area contributed by atoms with Crippen LogP contribution in [0.5, 0.6) is 0 Å². The van der Waals surface area contributed by atoms with Crippen molar-refractivity contribution in [3.8, 4) is 0 Å². The van der Waals surface area contributed by atoms with Crippen LogP contribution in [0, 0.1) is 6.92 Å². The van der Waals surface area contributed by atoms with Gasteiger partial charge in [0.05, 0.1) is 5.60 Å². The summed E-state index contributed by atoms with van der Waals surface area (Å²) in [6, 6.07) is 18.1. The second-order valence-corrected chi connectivity index (χ2v) is 5.71. The van der Waals surface area contributed by atoms with Crippen molar-refractivity contribution in [1.29, 1.82) is 0 Å². The topological polar surface area (TPSA) is 20.2 Å². The molecule has 0 saturated heterocycles. The van der Waals surface area contributed by atoms with E-state index in [1.807, 2.05) is 49.4 Å². The maximum atomic E-state index is 10.5. The van der Waals surface area contributed by atoms with Crippen molar-refractivity contribution < 1.29 is 5.11 Å². The van der Waals surface area contributed by atoms with Gasteiger partial charge >= 0.3 is 0 Å². The molecule has 0 radical (unpaired) electrons. The zero-order valence-corrected chi connectivity index (χ0v) is 11.6. The van der Waals surface area contributed by atoms with Crippen LogP contribution < -0.4 is 0 Å². The Morgan fingerprint density at radius 3 is 2.28 bits per heavy atom. The number of hydrogen-bond acceptors (Lipinski definition) is 2. The van der Waals surface area contributed by atoms with Crippen LogP contribution in [0.15, 0.2) is 59.5 Å². The van der Waals surface area contributed by atoms with E-state index in [1.54, 1.807) is 11.8 Å². The number of hydrogen-bond donors (Lipinski definition) is 1. The van der Waals surface area contributed by atoms with Crippen LogP contribution in [0.4, 0.5) is 0 Å². The summed E-state index contributed by atoms with van der Waals surface area (Å²) in [6.07, 6.45) is 0. The van der Waals surface area contributed by atoms with E-state index in [-0.39, 0.29) is 0 Å². The Morgan fingerprint density at radius 2 is 1.61 bits per heavy atom. The van der Waals surface area contributed by atoms with E-state index < -0.39 is 5.60 Å². The minimum atomic E-state index is -0.797. The maximum absolute atomic E-state index is 10.5. The molecule has 1 atom stereocenters. The van der Waals surface area contributed by atoms with Gasteiger partial charge in [0.2, 0.25) is 0 Å². The molecule has 18 heavy (non-hydrogen) atoms. The normalized spacial score (nSPS) is 14.2. The first-order chi connectivity index (χ1) is 8.59. The van der Waals surface area contributed by atoms with Crippen LogP contribution in [0.2, 0.25) is 0 Å². The number of thioether (sulfide) groups is 1. The van der Waals surface area contributed by atoms with Gasteiger partial charge in [-0.05, 0) is 31.0 Å². The van der Waals surface area contributed by atoms with Gasteiger partial charge in [0, 0.05) is 10.6 Å². The largest absolute Gasteiger partial charge is 0.385 e. The minimum absolute atomic E-state index is 0.655. The van der Waals surface area contributed by atoms with E-state index in [0.29, 0.717) is 5.75 Å². The summed E-state index contributed by atoms with van der Waals surface area (Å²) in [5, 5.41) is 10.5. The van der Waals surface area contributed by atoms with Crippen molar-refractivity contribution in [2.45, 2.75) is 24.3 Å². The first-order valence-electron chi connectivity index (χ1n) is 6.06. The van der Waals surface area contributed by atoms with Gasteiger partial charge in [0.25, 0.3) is 0 Å². The van der Waals surface area contributed by atoms with Crippen molar-refractivity contribution in [3.05, 3.63) is 65.7 Å². The molecule has 0 spiro atoms. The molecular weight excluding hydrogens is 240 g/mol. The first kappa shape index (κ1) is 13.2. The Morgan fingerprint density at radius 1 is 1.00 bits per heavy atom. The predicted octanol–water partition coefficient (Wildman–Crippen LogP) is 3.99. The van der Waals surface area contributed by atoms with Gasteiger partial charge < -0.3 is 5.11 Å². The highest BCUT2D eigenvalue weighted by atomic mass is 32.2. The molecule has 2 aromatic rings. The van der Waals surface area contributed by atoms with E-state index in [0.717, 1.165) is 5.56 Å². The van der Waals surface area contributed by atoms with Gasteiger partial charge in [0.1, 0.15) is 0 Å². The molecule has 0 aliphatic heterocycles. The number of benzene rings is 2. The molecule has 94 valence electrons. The monoisotopic (exact) mass is 258 g/mol. The van der Waals surface area contributed by atoms with Crippen LogP contribution in [0.1, 0.15) is 18.1 Å². The summed E-state index contributed by atoms with van der Waals surface area (Å²) in [7, 11) is 0. The molecular formula is C16H18OS. The smallest absolute Gasteiger partial charge is 0.0962 e. The Hall–Kier alpha value is -1.25. The van der Waals surface area contributed by atoms with Crippen molar-refractivity contribution in [2.24, 2.45) is 0 Å². The number of aryl methyl sites for hydroxylation is 1. The molecule has 2 aromatic carbocycles. The second kappa shape index (κ2) is 5.59. The zero-order chi connectivity index (χ0) is 13.0. The fraction of sp³-hybridized carbons (Fsp3) is 0.250. The van der Waals surface area contributed by atoms with Gasteiger partial charge in [-0.15, -0.1) is 11.8 Å². The minimum Gasteiger partial charge on any atom is -0.385 e. The Labute approximate surface area is 113 Å². The average molecular weight is 258 g/mol. The van der Waals surface area contributed by atoms with E-state index in [1.165, 1.54) is 10.5 Å². The summed E-state index contributed by atoms with van der Waals surface area (Å²) in [6.45, 7) is 3.97. The van der Waals surface area contributed by atoms with Gasteiger partial charge in [0.15, 0.2) is 0 Å². The van der Waals surface area contributed by atoms with Gasteiger partial charge in [-0.2, -0.15) is 0 Å². The molecule has 0 aliphatic rings. The Bertz CT molecular complexity index is 506. The Kier molecular flexibility index (Phi) is 4.10. The molecule has 1 unspecified atom stereocenters. The lowest BCUT2D eigenvalue weighted by molar-refractivity contribution is 0.0839. The summed E-state index contributed by atoms with van der Waals surface area (Å²) >= 11 is 1.70. The molecule has 0 aromatic heterocycles. The molecule has 1 N–H and O–H groups in total. The highest BCUT2D eigenvalue weighted by molar-refractivity contribution is 7.99. The lowest BCUT2D eigenvalue weighted by atomic mass is 9.99. The molecule has 0 heterocycles. The third-order valence-corrected chi connectivity index (χ3v) is 4.47. The van der Waals surface area contributed by atoms with Crippen LogP contribution >= 0.6 is 11.8 Å². The lowest BCUT2D eigenvalue weighted by Crippen LogP contribution is -2.24. The number of rotatable bonds is 4. The SMILES string of the molecule is Cc1ccccc1SCC(C)(O)c1ccccc1. The summed E-state index contributed by atoms with van der Waals surface area (Å²) < 4.78 is 0. The van der Waals surface area contributed by atoms with E-state index in [4.69, 9.17) is 0 Å². The first-order valence-corrected chi connectivity index (χ1v) is 7.04. The summed E-state index contributed by atoms with van der Waals surface area (Å²) in [5.74, 6) is 0.655. The predicted molar refractivity (Wildman–Crippen MR) is 77.9 cm³/mol. The zero-order valence-electron chi connectivity index (χ0n) is 10.8. The summed E-state index contributed by atoms with van der Waals surface area (Å²) in [4.78, 5) is 1.23. The van der Waals surface area contributed by atoms with Crippen molar-refractivity contribution >= 4 is 11.8 Å². The van der Waals surface area contributed by atoms with Crippen molar-refractivity contribution in [3.63, 3.8) is 0 Å². The second-order valence-electron chi connectivity index (χ2n) is 4.69.